The molecule has 1 rings (SSSR count). The zero-order chi connectivity index (χ0) is 17.3. The minimum absolute atomic E-state index is 0. The normalized spacial score (nSPS) is 13.1. The predicted molar refractivity (Wildman–Crippen MR) is 100 cm³/mol. The monoisotopic (exact) mass is 358 g/mol. The minimum atomic E-state index is -0.402. The lowest BCUT2D eigenvalue weighted by atomic mass is 9.90. The largest absolute Gasteiger partial charge is 0.493 e. The average molecular weight is 359 g/mol. The molecule has 3 N–H and O–H groups in total. The van der Waals surface area contributed by atoms with Gasteiger partial charge < -0.3 is 20.5 Å². The van der Waals surface area contributed by atoms with Crippen molar-refractivity contribution in [1.29, 1.82) is 0 Å². The predicted octanol–water partition coefficient (Wildman–Crippen LogP) is 3.02. The van der Waals surface area contributed by atoms with E-state index in [-0.39, 0.29) is 18.3 Å². The number of rotatable bonds is 10. The number of nitrogens with two attached hydrogens (primary N) is 1. The van der Waals surface area contributed by atoms with Gasteiger partial charge >= 0.3 is 0 Å². The summed E-state index contributed by atoms with van der Waals surface area (Å²) in [5.41, 5.74) is 6.03. The van der Waals surface area contributed by atoms with Crippen molar-refractivity contribution in [3.8, 4) is 5.75 Å². The maximum Gasteiger partial charge on any atom is 0.251 e. The summed E-state index contributed by atoms with van der Waals surface area (Å²) in [6.45, 7) is 7.85. The molecule has 1 aromatic carbocycles. The summed E-state index contributed by atoms with van der Waals surface area (Å²) in [7, 11) is 1.66. The lowest BCUT2D eigenvalue weighted by molar-refractivity contribution is 0.0897. The summed E-state index contributed by atoms with van der Waals surface area (Å²) in [6.07, 6.45) is 1.65. The molecule has 0 aliphatic rings. The second kappa shape index (κ2) is 11.3. The molecular formula is C18H31ClN2O3. The summed E-state index contributed by atoms with van der Waals surface area (Å²) in [6, 6.07) is 7.21. The number of nitrogens with one attached hydrogen (secondary N) is 1. The first-order valence-corrected chi connectivity index (χ1v) is 8.14. The molecule has 0 fully saturated rings. The summed E-state index contributed by atoms with van der Waals surface area (Å²) in [5.74, 6) is 1.02. The highest BCUT2D eigenvalue weighted by Gasteiger charge is 2.26. The van der Waals surface area contributed by atoms with E-state index >= 15 is 0 Å². The van der Waals surface area contributed by atoms with Gasteiger partial charge in [0.25, 0.3) is 5.91 Å². The third-order valence-corrected chi connectivity index (χ3v) is 3.58. The Kier molecular flexibility index (Phi) is 10.7. The number of benzene rings is 1. The Bertz CT molecular complexity index is 497. The lowest BCUT2D eigenvalue weighted by Gasteiger charge is -2.31. The van der Waals surface area contributed by atoms with Crippen LogP contribution in [0.3, 0.4) is 0 Å². The van der Waals surface area contributed by atoms with Crippen LogP contribution in [0.5, 0.6) is 5.75 Å². The second-order valence-electron chi connectivity index (χ2n) is 6.54. The van der Waals surface area contributed by atoms with Crippen molar-refractivity contribution in [3.05, 3.63) is 29.8 Å². The van der Waals surface area contributed by atoms with Crippen LogP contribution in [0, 0.1) is 5.92 Å². The van der Waals surface area contributed by atoms with Gasteiger partial charge in [0.15, 0.2) is 0 Å². The molecule has 0 heterocycles. The van der Waals surface area contributed by atoms with Crippen LogP contribution in [0.1, 0.15) is 44.0 Å². The highest BCUT2D eigenvalue weighted by molar-refractivity contribution is 5.95. The van der Waals surface area contributed by atoms with Crippen molar-refractivity contribution in [1.82, 2.24) is 5.32 Å². The van der Waals surface area contributed by atoms with E-state index in [4.69, 9.17) is 15.2 Å². The fourth-order valence-corrected chi connectivity index (χ4v) is 2.55. The van der Waals surface area contributed by atoms with Crippen LogP contribution in [0.15, 0.2) is 24.3 Å². The molecule has 138 valence electrons. The van der Waals surface area contributed by atoms with Crippen molar-refractivity contribution in [2.24, 2.45) is 11.7 Å². The van der Waals surface area contributed by atoms with Gasteiger partial charge in [-0.2, -0.15) is 0 Å². The van der Waals surface area contributed by atoms with Crippen LogP contribution in [0.2, 0.25) is 0 Å². The first-order chi connectivity index (χ1) is 10.9. The van der Waals surface area contributed by atoms with Crippen LogP contribution < -0.4 is 15.8 Å². The van der Waals surface area contributed by atoms with Gasteiger partial charge in [-0.05, 0) is 37.5 Å². The summed E-state index contributed by atoms with van der Waals surface area (Å²) in [4.78, 5) is 12.5. The van der Waals surface area contributed by atoms with Crippen molar-refractivity contribution in [3.63, 3.8) is 0 Å². The van der Waals surface area contributed by atoms with Crippen molar-refractivity contribution >= 4 is 18.3 Å². The average Bonchev–Trinajstić information content (AvgIpc) is 2.51. The van der Waals surface area contributed by atoms with Crippen molar-refractivity contribution in [2.45, 2.75) is 39.2 Å². The fourth-order valence-electron chi connectivity index (χ4n) is 2.55. The molecule has 1 unspecified atom stereocenters. The molecule has 1 amide bonds. The van der Waals surface area contributed by atoms with Crippen LogP contribution in [0.25, 0.3) is 0 Å². The number of hydrogen-bond acceptors (Lipinski definition) is 4. The van der Waals surface area contributed by atoms with Gasteiger partial charge in [-0.15, -0.1) is 12.4 Å². The van der Waals surface area contributed by atoms with E-state index in [0.717, 1.165) is 12.8 Å². The molecular weight excluding hydrogens is 328 g/mol. The number of halogens is 1. The second-order valence-corrected chi connectivity index (χ2v) is 6.54. The van der Waals surface area contributed by atoms with Crippen LogP contribution in [-0.2, 0) is 4.74 Å². The standard InChI is InChI=1S/C18H30N2O3.ClH/c1-14(2)12-18(3,13-19)20-17(21)15-7-5-8-16(11-15)23-10-6-9-22-4;/h5,7-8,11,14H,6,9-10,12-13,19H2,1-4H3,(H,20,21);1H. The quantitative estimate of drug-likeness (QED) is 0.630. The molecule has 0 saturated heterocycles. The summed E-state index contributed by atoms with van der Waals surface area (Å²) >= 11 is 0. The fraction of sp³-hybridized carbons (Fsp3) is 0.611. The molecule has 6 heteroatoms. The van der Waals surface area contributed by atoms with Crippen LogP contribution in [0.4, 0.5) is 0 Å². The third kappa shape index (κ3) is 7.99. The smallest absolute Gasteiger partial charge is 0.251 e. The molecule has 0 aliphatic carbocycles. The summed E-state index contributed by atoms with van der Waals surface area (Å²) in [5, 5.41) is 3.05. The Morgan fingerprint density at radius 1 is 1.33 bits per heavy atom. The third-order valence-electron chi connectivity index (χ3n) is 3.58. The van der Waals surface area contributed by atoms with E-state index in [1.54, 1.807) is 19.2 Å². The Morgan fingerprint density at radius 2 is 2.04 bits per heavy atom. The van der Waals surface area contributed by atoms with E-state index in [9.17, 15) is 4.79 Å². The lowest BCUT2D eigenvalue weighted by Crippen LogP contribution is -2.52. The zero-order valence-corrected chi connectivity index (χ0v) is 15.9. The minimum Gasteiger partial charge on any atom is -0.493 e. The molecule has 1 atom stereocenters. The maximum atomic E-state index is 12.5. The molecule has 0 spiro atoms. The first-order valence-electron chi connectivity index (χ1n) is 8.14. The van der Waals surface area contributed by atoms with Crippen LogP contribution >= 0.6 is 12.4 Å². The maximum absolute atomic E-state index is 12.5. The molecule has 0 bridgehead atoms. The highest BCUT2D eigenvalue weighted by Crippen LogP contribution is 2.18. The molecule has 0 aliphatic heterocycles. The molecule has 0 radical (unpaired) electrons. The number of carbonyl (C=O) groups excluding carboxylic acids is 1. The number of amides is 1. The van der Waals surface area contributed by atoms with Gasteiger partial charge in [-0.25, -0.2) is 0 Å². The molecule has 5 nitrogen and oxygen atoms in total. The van der Waals surface area contributed by atoms with Gasteiger partial charge in [0, 0.05) is 37.8 Å². The topological polar surface area (TPSA) is 73.6 Å². The van der Waals surface area contributed by atoms with Gasteiger partial charge in [0.05, 0.1) is 6.61 Å². The van der Waals surface area contributed by atoms with E-state index in [1.807, 2.05) is 19.1 Å². The van der Waals surface area contributed by atoms with Gasteiger partial charge in [0.2, 0.25) is 0 Å². The number of ether oxygens (including phenoxy) is 2. The number of carbonyl (C=O) groups is 1. The van der Waals surface area contributed by atoms with Gasteiger partial charge in [-0.1, -0.05) is 19.9 Å². The first kappa shape index (κ1) is 22.7. The van der Waals surface area contributed by atoms with E-state index in [2.05, 4.69) is 19.2 Å². The Morgan fingerprint density at radius 3 is 2.62 bits per heavy atom. The van der Waals surface area contributed by atoms with Crippen molar-refractivity contribution < 1.29 is 14.3 Å². The zero-order valence-electron chi connectivity index (χ0n) is 15.1. The Hall–Kier alpha value is -1.30. The van der Waals surface area contributed by atoms with Gasteiger partial charge in [-0.3, -0.25) is 4.79 Å². The van der Waals surface area contributed by atoms with Crippen LogP contribution in [-0.4, -0.2) is 38.3 Å². The van der Waals surface area contributed by atoms with Crippen molar-refractivity contribution in [2.75, 3.05) is 26.9 Å². The van der Waals surface area contributed by atoms with E-state index in [1.165, 1.54) is 0 Å². The molecule has 0 saturated carbocycles. The summed E-state index contributed by atoms with van der Waals surface area (Å²) < 4.78 is 10.6. The van der Waals surface area contributed by atoms with E-state index in [0.29, 0.717) is 37.0 Å². The Balaban J connectivity index is 0.00000529. The van der Waals surface area contributed by atoms with E-state index < -0.39 is 5.54 Å². The number of hydrogen-bond donors (Lipinski definition) is 2. The Labute approximate surface area is 151 Å². The molecule has 24 heavy (non-hydrogen) atoms. The molecule has 0 aromatic heterocycles. The van der Waals surface area contributed by atoms with Gasteiger partial charge in [0.1, 0.15) is 5.75 Å². The highest BCUT2D eigenvalue weighted by atomic mass is 35.5. The SMILES string of the molecule is COCCCOc1cccc(C(=O)NC(C)(CN)CC(C)C)c1.Cl. The molecule has 1 aromatic rings. The number of methoxy groups -OCH3 is 1.